The predicted molar refractivity (Wildman–Crippen MR) is 65.7 cm³/mol. The molecular formula is C14H17O3. The molecule has 91 valence electrons. The first kappa shape index (κ1) is 13.4. The van der Waals surface area contributed by atoms with E-state index < -0.39 is 0 Å². The molecule has 0 N–H and O–H groups in total. The highest BCUT2D eigenvalue weighted by atomic mass is 16.5. The van der Waals surface area contributed by atoms with E-state index >= 15 is 0 Å². The molecule has 0 heterocycles. The molecule has 0 aliphatic carbocycles. The first-order valence-electron chi connectivity index (χ1n) is 5.93. The van der Waals surface area contributed by atoms with Gasteiger partial charge in [0, 0.05) is 5.56 Å². The van der Waals surface area contributed by atoms with Gasteiger partial charge in [0.05, 0.1) is 12.2 Å². The van der Waals surface area contributed by atoms with Gasteiger partial charge in [-0.15, -0.1) is 0 Å². The Morgan fingerprint density at radius 1 is 1.18 bits per heavy atom. The first-order chi connectivity index (χ1) is 8.27. The van der Waals surface area contributed by atoms with Crippen molar-refractivity contribution in [2.24, 2.45) is 0 Å². The molecule has 0 aliphatic rings. The molecule has 0 saturated carbocycles. The Balaban J connectivity index is 2.33. The lowest BCUT2D eigenvalue weighted by atomic mass is 10.1. The van der Waals surface area contributed by atoms with Gasteiger partial charge in [0.1, 0.15) is 0 Å². The summed E-state index contributed by atoms with van der Waals surface area (Å²) in [4.78, 5) is 21.9. The topological polar surface area (TPSA) is 43.4 Å². The minimum absolute atomic E-state index is 0.334. The van der Waals surface area contributed by atoms with Crippen LogP contribution in [0, 0.1) is 0 Å². The van der Waals surface area contributed by atoms with Gasteiger partial charge < -0.3 is 4.74 Å². The summed E-state index contributed by atoms with van der Waals surface area (Å²) < 4.78 is 5.11. The van der Waals surface area contributed by atoms with Crippen molar-refractivity contribution in [1.82, 2.24) is 0 Å². The van der Waals surface area contributed by atoms with Gasteiger partial charge >= 0.3 is 5.97 Å². The molecule has 1 aromatic rings. The highest BCUT2D eigenvalue weighted by Gasteiger charge is 2.06. The van der Waals surface area contributed by atoms with Gasteiger partial charge in [-0.1, -0.05) is 38.3 Å². The van der Waals surface area contributed by atoms with Crippen LogP contribution in [-0.4, -0.2) is 18.9 Å². The van der Waals surface area contributed by atoms with Crippen LogP contribution >= 0.6 is 0 Å². The van der Waals surface area contributed by atoms with Crippen LogP contribution in [0.1, 0.15) is 48.5 Å². The molecular weight excluding hydrogens is 216 g/mol. The van der Waals surface area contributed by atoms with Gasteiger partial charge in [-0.2, -0.15) is 0 Å². The highest BCUT2D eigenvalue weighted by Crippen LogP contribution is 2.06. The van der Waals surface area contributed by atoms with Crippen molar-refractivity contribution in [3.8, 4) is 0 Å². The summed E-state index contributed by atoms with van der Waals surface area (Å²) in [6.07, 6.45) is 6.08. The summed E-state index contributed by atoms with van der Waals surface area (Å²) in [6.45, 7) is 2.60. The molecule has 0 fully saturated rings. The normalized spacial score (nSPS) is 9.94. The molecule has 0 atom stereocenters. The second-order valence-corrected chi connectivity index (χ2v) is 3.88. The van der Waals surface area contributed by atoms with Gasteiger partial charge in [-0.3, -0.25) is 4.79 Å². The second-order valence-electron chi connectivity index (χ2n) is 3.88. The zero-order chi connectivity index (χ0) is 12.5. The van der Waals surface area contributed by atoms with Gasteiger partial charge in [0.25, 0.3) is 0 Å². The van der Waals surface area contributed by atoms with E-state index in [1.54, 1.807) is 30.6 Å². The molecule has 0 bridgehead atoms. The molecule has 1 aromatic carbocycles. The molecule has 17 heavy (non-hydrogen) atoms. The van der Waals surface area contributed by atoms with Crippen LogP contribution in [0.2, 0.25) is 0 Å². The predicted octanol–water partition coefficient (Wildman–Crippen LogP) is 2.88. The number of hydrogen-bond acceptors (Lipinski definition) is 3. The van der Waals surface area contributed by atoms with Crippen molar-refractivity contribution >= 4 is 12.3 Å². The molecule has 0 amide bonds. The molecule has 0 aliphatic heterocycles. The third kappa shape index (κ3) is 4.81. The lowest BCUT2D eigenvalue weighted by Crippen LogP contribution is -2.06. The van der Waals surface area contributed by atoms with E-state index in [9.17, 15) is 9.59 Å². The van der Waals surface area contributed by atoms with E-state index in [1.165, 1.54) is 6.42 Å². The standard InChI is InChI=1S/C14H17O3/c1-2-3-4-5-10-17-14(16)13-8-6-12(11-15)7-9-13/h6-9H,2-5,10H2,1H3. The molecule has 0 spiro atoms. The van der Waals surface area contributed by atoms with Gasteiger partial charge in [-0.25, -0.2) is 4.79 Å². The minimum atomic E-state index is -0.334. The van der Waals surface area contributed by atoms with E-state index in [0.717, 1.165) is 19.3 Å². The largest absolute Gasteiger partial charge is 0.462 e. The molecule has 0 saturated heterocycles. The van der Waals surface area contributed by atoms with Crippen molar-refractivity contribution in [3.05, 3.63) is 35.4 Å². The molecule has 3 heteroatoms. The average Bonchev–Trinajstić information content (AvgIpc) is 2.38. The van der Waals surface area contributed by atoms with Crippen LogP contribution in [-0.2, 0) is 9.53 Å². The van der Waals surface area contributed by atoms with Crippen molar-refractivity contribution in [2.75, 3.05) is 6.61 Å². The smallest absolute Gasteiger partial charge is 0.338 e. The average molecular weight is 233 g/mol. The van der Waals surface area contributed by atoms with E-state index in [2.05, 4.69) is 6.92 Å². The molecule has 0 aromatic heterocycles. The summed E-state index contributed by atoms with van der Waals surface area (Å²) in [6, 6.07) is 6.27. The van der Waals surface area contributed by atoms with E-state index in [1.807, 2.05) is 0 Å². The lowest BCUT2D eigenvalue weighted by molar-refractivity contribution is 0.0498. The molecule has 1 radical (unpaired) electrons. The maximum atomic E-state index is 11.6. The minimum Gasteiger partial charge on any atom is -0.462 e. The van der Waals surface area contributed by atoms with Crippen LogP contribution in [0.25, 0.3) is 0 Å². The van der Waals surface area contributed by atoms with Crippen LogP contribution < -0.4 is 0 Å². The number of unbranched alkanes of at least 4 members (excludes halogenated alkanes) is 3. The number of hydrogen-bond donors (Lipinski definition) is 0. The third-order valence-electron chi connectivity index (χ3n) is 2.47. The van der Waals surface area contributed by atoms with Crippen LogP contribution in [0.15, 0.2) is 24.3 Å². The van der Waals surface area contributed by atoms with E-state index in [-0.39, 0.29) is 5.97 Å². The number of esters is 1. The van der Waals surface area contributed by atoms with Crippen molar-refractivity contribution in [1.29, 1.82) is 0 Å². The Kier molecular flexibility index (Phi) is 6.00. The van der Waals surface area contributed by atoms with E-state index in [0.29, 0.717) is 17.7 Å². The zero-order valence-corrected chi connectivity index (χ0v) is 10.1. The quantitative estimate of drug-likeness (QED) is 0.537. The Morgan fingerprint density at radius 3 is 2.47 bits per heavy atom. The zero-order valence-electron chi connectivity index (χ0n) is 10.1. The molecule has 1 rings (SSSR count). The van der Waals surface area contributed by atoms with Gasteiger partial charge in [0.2, 0.25) is 6.29 Å². The Bertz CT molecular complexity index is 354. The SMILES string of the molecule is CCCCCCOC(=O)c1ccc([C]=O)cc1. The van der Waals surface area contributed by atoms with Crippen LogP contribution in [0.4, 0.5) is 0 Å². The van der Waals surface area contributed by atoms with Crippen molar-refractivity contribution in [3.63, 3.8) is 0 Å². The summed E-state index contributed by atoms with van der Waals surface area (Å²) >= 11 is 0. The van der Waals surface area contributed by atoms with Gasteiger partial charge in [-0.05, 0) is 18.6 Å². The summed E-state index contributed by atoms with van der Waals surface area (Å²) in [7, 11) is 0. The molecule has 3 nitrogen and oxygen atoms in total. The number of ether oxygens (including phenoxy) is 1. The monoisotopic (exact) mass is 233 g/mol. The fraction of sp³-hybridized carbons (Fsp3) is 0.429. The number of carbonyl (C=O) groups excluding carboxylic acids is 2. The molecule has 0 unspecified atom stereocenters. The van der Waals surface area contributed by atoms with Crippen LogP contribution in [0.3, 0.4) is 0 Å². The number of rotatable bonds is 7. The van der Waals surface area contributed by atoms with E-state index in [4.69, 9.17) is 4.74 Å². The van der Waals surface area contributed by atoms with Crippen molar-refractivity contribution in [2.45, 2.75) is 32.6 Å². The summed E-state index contributed by atoms with van der Waals surface area (Å²) in [5, 5.41) is 0. The van der Waals surface area contributed by atoms with Crippen molar-refractivity contribution < 1.29 is 14.3 Å². The maximum absolute atomic E-state index is 11.6. The maximum Gasteiger partial charge on any atom is 0.338 e. The fourth-order valence-electron chi connectivity index (χ4n) is 1.45. The Morgan fingerprint density at radius 2 is 1.88 bits per heavy atom. The number of carbonyl (C=O) groups is 1. The van der Waals surface area contributed by atoms with Gasteiger partial charge in [0.15, 0.2) is 0 Å². The fourth-order valence-corrected chi connectivity index (χ4v) is 1.45. The number of benzene rings is 1. The van der Waals surface area contributed by atoms with Crippen LogP contribution in [0.5, 0.6) is 0 Å². The Labute approximate surface area is 102 Å². The first-order valence-corrected chi connectivity index (χ1v) is 5.93. The summed E-state index contributed by atoms with van der Waals surface area (Å²) in [5.74, 6) is -0.334. The second kappa shape index (κ2) is 7.60. The summed E-state index contributed by atoms with van der Waals surface area (Å²) in [5.41, 5.74) is 0.906. The highest BCUT2D eigenvalue weighted by molar-refractivity contribution is 5.90. The third-order valence-corrected chi connectivity index (χ3v) is 2.47. The Hall–Kier alpha value is -1.64. The lowest BCUT2D eigenvalue weighted by Gasteiger charge is -2.04.